The standard InChI is InChI=1S/C26H27ClN2O2.ClH/c1-3-16-15-29-11-10-18(16)12-25(29)26(30)22-14-24(17-4-6-19(27)7-5-17)28-23-9-8-20(31-2)13-21(22)23;/h3-9,13-14,16,18,25-26,30H,1,10-12,15H2,2H3;1H/t16-,18-,25-,26+;/m0./s1. The summed E-state index contributed by atoms with van der Waals surface area (Å²) < 4.78 is 5.46. The Labute approximate surface area is 200 Å². The van der Waals surface area contributed by atoms with Crippen LogP contribution in [0.1, 0.15) is 24.5 Å². The van der Waals surface area contributed by atoms with E-state index < -0.39 is 6.10 Å². The van der Waals surface area contributed by atoms with Gasteiger partial charge in [-0.1, -0.05) is 29.8 Å². The van der Waals surface area contributed by atoms with Gasteiger partial charge in [0.05, 0.1) is 24.4 Å². The molecule has 4 heterocycles. The molecule has 1 aromatic heterocycles. The first-order valence-electron chi connectivity index (χ1n) is 10.9. The molecule has 6 heteroatoms. The molecular weight excluding hydrogens is 443 g/mol. The lowest BCUT2D eigenvalue weighted by Crippen LogP contribution is -2.54. The number of piperidine rings is 3. The van der Waals surface area contributed by atoms with Gasteiger partial charge in [0.25, 0.3) is 0 Å². The van der Waals surface area contributed by atoms with Gasteiger partial charge in [-0.2, -0.15) is 0 Å². The fourth-order valence-electron chi connectivity index (χ4n) is 5.28. The average Bonchev–Trinajstić information content (AvgIpc) is 2.83. The van der Waals surface area contributed by atoms with E-state index in [9.17, 15) is 5.11 Å². The van der Waals surface area contributed by atoms with E-state index in [-0.39, 0.29) is 18.4 Å². The van der Waals surface area contributed by atoms with Gasteiger partial charge < -0.3 is 9.84 Å². The maximum absolute atomic E-state index is 11.6. The molecule has 1 N–H and O–H groups in total. The third-order valence-corrected chi connectivity index (χ3v) is 7.28. The Hall–Kier alpha value is -2.11. The van der Waals surface area contributed by atoms with Crippen LogP contribution in [0.5, 0.6) is 5.75 Å². The molecule has 1 unspecified atom stereocenters. The Bertz CT molecular complexity index is 1120. The molecule has 0 aliphatic carbocycles. The highest BCUT2D eigenvalue weighted by Gasteiger charge is 2.42. The van der Waals surface area contributed by atoms with Gasteiger partial charge in [-0.25, -0.2) is 4.98 Å². The smallest absolute Gasteiger partial charge is 0.119 e. The van der Waals surface area contributed by atoms with E-state index in [4.69, 9.17) is 21.3 Å². The zero-order valence-corrected chi connectivity index (χ0v) is 19.6. The normalized spacial score (nSPS) is 25.2. The van der Waals surface area contributed by atoms with Gasteiger partial charge >= 0.3 is 0 Å². The summed E-state index contributed by atoms with van der Waals surface area (Å²) in [6, 6.07) is 15.7. The fourth-order valence-corrected chi connectivity index (χ4v) is 5.41. The van der Waals surface area contributed by atoms with Crippen molar-refractivity contribution >= 4 is 34.9 Å². The van der Waals surface area contributed by atoms with Gasteiger partial charge in [0.2, 0.25) is 0 Å². The van der Waals surface area contributed by atoms with Gasteiger partial charge in [0.15, 0.2) is 0 Å². The van der Waals surface area contributed by atoms with Crippen LogP contribution in [0.2, 0.25) is 5.02 Å². The summed E-state index contributed by atoms with van der Waals surface area (Å²) in [5, 5.41) is 13.3. The van der Waals surface area contributed by atoms with Crippen LogP contribution in [0.15, 0.2) is 61.2 Å². The number of hydrogen-bond donors (Lipinski definition) is 1. The molecule has 5 atom stereocenters. The van der Waals surface area contributed by atoms with Crippen molar-refractivity contribution in [1.82, 2.24) is 9.88 Å². The first-order chi connectivity index (χ1) is 15.1. The van der Waals surface area contributed by atoms with Gasteiger partial charge in [-0.05, 0) is 73.2 Å². The van der Waals surface area contributed by atoms with E-state index in [2.05, 4.69) is 17.6 Å². The Balaban J connectivity index is 0.00000245. The molecule has 3 aliphatic heterocycles. The summed E-state index contributed by atoms with van der Waals surface area (Å²) in [5.74, 6) is 1.89. The van der Waals surface area contributed by atoms with Crippen LogP contribution in [0.3, 0.4) is 0 Å². The van der Waals surface area contributed by atoms with Crippen LogP contribution in [-0.2, 0) is 0 Å². The summed E-state index contributed by atoms with van der Waals surface area (Å²) in [7, 11) is 1.66. The highest BCUT2D eigenvalue weighted by molar-refractivity contribution is 6.30. The van der Waals surface area contributed by atoms with Crippen LogP contribution in [0, 0.1) is 11.8 Å². The maximum Gasteiger partial charge on any atom is 0.119 e. The number of rotatable bonds is 5. The van der Waals surface area contributed by atoms with E-state index in [0.29, 0.717) is 16.9 Å². The summed E-state index contributed by atoms with van der Waals surface area (Å²) in [4.78, 5) is 7.31. The number of methoxy groups -OCH3 is 1. The molecule has 2 aromatic carbocycles. The molecule has 4 nitrogen and oxygen atoms in total. The lowest BCUT2D eigenvalue weighted by atomic mass is 9.73. The lowest BCUT2D eigenvalue weighted by molar-refractivity contribution is -0.0444. The molecule has 0 spiro atoms. The minimum absolute atomic E-state index is 0. The zero-order valence-electron chi connectivity index (χ0n) is 18.1. The highest BCUT2D eigenvalue weighted by Crippen LogP contribution is 2.43. The predicted octanol–water partition coefficient (Wildman–Crippen LogP) is 5.92. The number of halogens is 2. The number of nitrogens with zero attached hydrogens (tertiary/aromatic N) is 2. The number of aromatic nitrogens is 1. The molecule has 0 radical (unpaired) electrons. The minimum atomic E-state index is -0.600. The van der Waals surface area contributed by atoms with E-state index in [1.807, 2.05) is 48.5 Å². The number of pyridine rings is 1. The van der Waals surface area contributed by atoms with Gasteiger partial charge in [0, 0.05) is 28.6 Å². The molecule has 0 saturated carbocycles. The Morgan fingerprint density at radius 2 is 2.00 bits per heavy atom. The maximum atomic E-state index is 11.6. The van der Waals surface area contributed by atoms with Gasteiger partial charge in [-0.3, -0.25) is 4.90 Å². The lowest BCUT2D eigenvalue weighted by Gasteiger charge is -2.50. The highest BCUT2D eigenvalue weighted by atomic mass is 35.5. The number of fused-ring (bicyclic) bond motifs is 4. The van der Waals surface area contributed by atoms with Crippen LogP contribution in [0.4, 0.5) is 0 Å². The van der Waals surface area contributed by atoms with Crippen molar-refractivity contribution in [3.05, 3.63) is 71.8 Å². The fraction of sp³-hybridized carbons (Fsp3) is 0.346. The molecule has 0 amide bonds. The number of hydrogen-bond acceptors (Lipinski definition) is 4. The average molecular weight is 471 g/mol. The number of aliphatic hydroxyl groups excluding tert-OH is 1. The van der Waals surface area contributed by atoms with Crippen LogP contribution < -0.4 is 4.74 Å². The topological polar surface area (TPSA) is 45.6 Å². The third kappa shape index (κ3) is 4.13. The predicted molar refractivity (Wildman–Crippen MR) is 133 cm³/mol. The van der Waals surface area contributed by atoms with Crippen LogP contribution in [-0.4, -0.2) is 41.2 Å². The van der Waals surface area contributed by atoms with E-state index in [0.717, 1.165) is 53.0 Å². The van der Waals surface area contributed by atoms with E-state index in [1.54, 1.807) is 7.11 Å². The molecule has 3 fully saturated rings. The Morgan fingerprint density at radius 1 is 1.22 bits per heavy atom. The third-order valence-electron chi connectivity index (χ3n) is 7.02. The van der Waals surface area contributed by atoms with Gasteiger partial charge in [0.1, 0.15) is 5.75 Å². The molecule has 3 saturated heterocycles. The van der Waals surface area contributed by atoms with E-state index in [1.165, 1.54) is 6.42 Å². The molecule has 6 rings (SSSR count). The quantitative estimate of drug-likeness (QED) is 0.470. The minimum Gasteiger partial charge on any atom is -0.497 e. The van der Waals surface area contributed by atoms with Crippen molar-refractivity contribution < 1.29 is 9.84 Å². The number of ether oxygens (including phenoxy) is 1. The first-order valence-corrected chi connectivity index (χ1v) is 11.2. The van der Waals surface area contributed by atoms with Crippen molar-refractivity contribution in [3.63, 3.8) is 0 Å². The van der Waals surface area contributed by atoms with Gasteiger partial charge in [-0.15, -0.1) is 19.0 Å². The van der Waals surface area contributed by atoms with Crippen LogP contribution in [0.25, 0.3) is 22.2 Å². The van der Waals surface area contributed by atoms with E-state index >= 15 is 0 Å². The monoisotopic (exact) mass is 470 g/mol. The van der Waals surface area contributed by atoms with Crippen molar-refractivity contribution in [3.8, 4) is 17.0 Å². The molecule has 2 bridgehead atoms. The summed E-state index contributed by atoms with van der Waals surface area (Å²) in [6.45, 7) is 6.04. The van der Waals surface area contributed by atoms with Crippen LogP contribution >= 0.6 is 24.0 Å². The first kappa shape index (κ1) is 23.1. The van der Waals surface area contributed by atoms with Crippen molar-refractivity contribution in [2.45, 2.75) is 25.0 Å². The second kappa shape index (κ2) is 9.40. The van der Waals surface area contributed by atoms with Crippen molar-refractivity contribution in [2.75, 3.05) is 20.2 Å². The molecule has 3 aliphatic rings. The second-order valence-corrected chi connectivity index (χ2v) is 9.11. The summed E-state index contributed by atoms with van der Waals surface area (Å²) in [5.41, 5.74) is 3.57. The molecule has 32 heavy (non-hydrogen) atoms. The summed E-state index contributed by atoms with van der Waals surface area (Å²) >= 11 is 6.08. The Kier molecular flexibility index (Phi) is 6.78. The SMILES string of the molecule is C=C[C@H]1CN2CC[C@H]1C[C@H]2[C@H](O)c1cc(-c2ccc(Cl)cc2)nc2ccc(OC)cc12.Cl. The van der Waals surface area contributed by atoms with Crippen molar-refractivity contribution in [2.24, 2.45) is 11.8 Å². The zero-order chi connectivity index (χ0) is 21.5. The second-order valence-electron chi connectivity index (χ2n) is 8.68. The Morgan fingerprint density at radius 3 is 2.66 bits per heavy atom. The molecular formula is C26H28Cl2N2O2. The number of benzene rings is 2. The molecule has 3 aromatic rings. The summed E-state index contributed by atoms with van der Waals surface area (Å²) in [6.07, 6.45) is 3.66. The largest absolute Gasteiger partial charge is 0.497 e. The number of aliphatic hydroxyl groups is 1. The molecule has 168 valence electrons. The van der Waals surface area contributed by atoms with Crippen molar-refractivity contribution in [1.29, 1.82) is 0 Å².